The lowest BCUT2D eigenvalue weighted by molar-refractivity contribution is -0.124. The predicted molar refractivity (Wildman–Crippen MR) is 151 cm³/mol. The predicted octanol–water partition coefficient (Wildman–Crippen LogP) is 7.46. The van der Waals surface area contributed by atoms with Crippen LogP contribution in [0.3, 0.4) is 0 Å². The van der Waals surface area contributed by atoms with Crippen molar-refractivity contribution >= 4 is 34.6 Å². The van der Waals surface area contributed by atoms with Crippen LogP contribution < -0.4 is 9.47 Å². The third kappa shape index (κ3) is 5.91. The molecule has 5 rings (SSSR count). The molecule has 190 valence electrons. The third-order valence-electron chi connectivity index (χ3n) is 6.94. The van der Waals surface area contributed by atoms with Crippen molar-refractivity contribution in [2.45, 2.75) is 45.3 Å². The first kappa shape index (κ1) is 25.2. The van der Waals surface area contributed by atoms with E-state index in [9.17, 15) is 4.79 Å². The van der Waals surface area contributed by atoms with Crippen molar-refractivity contribution in [3.05, 3.63) is 94.9 Å². The van der Waals surface area contributed by atoms with E-state index in [2.05, 4.69) is 6.92 Å². The molecule has 6 heteroatoms. The van der Waals surface area contributed by atoms with Crippen LogP contribution in [0.2, 0.25) is 0 Å². The lowest BCUT2D eigenvalue weighted by Crippen LogP contribution is -2.44. The minimum Gasteiger partial charge on any atom is -0.493 e. The van der Waals surface area contributed by atoms with E-state index in [1.807, 2.05) is 89.8 Å². The number of amides is 1. The van der Waals surface area contributed by atoms with Crippen molar-refractivity contribution in [2.75, 3.05) is 7.11 Å². The van der Waals surface area contributed by atoms with Gasteiger partial charge in [0.05, 0.1) is 17.7 Å². The first-order valence-corrected chi connectivity index (χ1v) is 13.7. The number of para-hydroxylation sites is 1. The Morgan fingerprint density at radius 2 is 1.70 bits per heavy atom. The molecular weight excluding hydrogens is 480 g/mol. The molecule has 2 aliphatic rings. The summed E-state index contributed by atoms with van der Waals surface area (Å²) >= 11 is 1.45. The van der Waals surface area contributed by atoms with E-state index in [0.717, 1.165) is 41.2 Å². The van der Waals surface area contributed by atoms with Crippen molar-refractivity contribution in [1.82, 2.24) is 4.90 Å². The number of hydrogen-bond donors (Lipinski definition) is 0. The normalized spacial score (nSPS) is 22.0. The molecule has 3 aromatic carbocycles. The highest BCUT2D eigenvalue weighted by atomic mass is 32.2. The molecule has 1 aliphatic heterocycles. The summed E-state index contributed by atoms with van der Waals surface area (Å²) in [4.78, 5) is 21.2. The zero-order chi connectivity index (χ0) is 25.6. The van der Waals surface area contributed by atoms with Crippen LogP contribution in [0.1, 0.15) is 43.7 Å². The number of hydrogen-bond acceptors (Lipinski definition) is 5. The number of aliphatic imine (C=N–C) groups is 1. The average Bonchev–Trinajstić information content (AvgIpc) is 3.23. The van der Waals surface area contributed by atoms with Gasteiger partial charge >= 0.3 is 0 Å². The molecule has 5 nitrogen and oxygen atoms in total. The van der Waals surface area contributed by atoms with Crippen molar-refractivity contribution in [3.63, 3.8) is 0 Å². The molecule has 0 bridgehead atoms. The monoisotopic (exact) mass is 512 g/mol. The van der Waals surface area contributed by atoms with E-state index >= 15 is 0 Å². The Bertz CT molecular complexity index is 1290. The van der Waals surface area contributed by atoms with Gasteiger partial charge in [0.2, 0.25) is 0 Å². The standard InChI is InChI=1S/C31H32N2O3S/c1-22-11-9-10-16-26(22)33-30(34)29(37-31(33)32-25-14-7-4-8-15-25)20-24-17-18-27(28(19-24)35-2)36-21-23-12-5-3-6-13-23/h3-8,12-15,17-20,22,26H,9-11,16,21H2,1-2H3/b29-20-,32-31?/t22-,26+/m1/s1. The topological polar surface area (TPSA) is 51.1 Å². The summed E-state index contributed by atoms with van der Waals surface area (Å²) in [7, 11) is 1.63. The maximum atomic E-state index is 13.7. The molecule has 0 N–H and O–H groups in total. The van der Waals surface area contributed by atoms with Gasteiger partial charge in [0.25, 0.3) is 5.91 Å². The Kier molecular flexibility index (Phi) is 7.95. The summed E-state index contributed by atoms with van der Waals surface area (Å²) in [5, 5.41) is 0.760. The maximum Gasteiger partial charge on any atom is 0.267 e. The van der Waals surface area contributed by atoms with Crippen LogP contribution in [0.5, 0.6) is 11.5 Å². The van der Waals surface area contributed by atoms with Crippen LogP contribution in [0, 0.1) is 5.92 Å². The van der Waals surface area contributed by atoms with Gasteiger partial charge in [-0.05, 0) is 72.0 Å². The van der Waals surface area contributed by atoms with E-state index in [0.29, 0.717) is 28.9 Å². The molecule has 1 saturated heterocycles. The van der Waals surface area contributed by atoms with Crippen molar-refractivity contribution in [3.8, 4) is 11.5 Å². The maximum absolute atomic E-state index is 13.7. The molecule has 3 aromatic rings. The number of ether oxygens (including phenoxy) is 2. The minimum absolute atomic E-state index is 0.0294. The number of thioether (sulfide) groups is 1. The number of carbonyl (C=O) groups is 1. The summed E-state index contributed by atoms with van der Waals surface area (Å²) in [5.41, 5.74) is 2.83. The van der Waals surface area contributed by atoms with Gasteiger partial charge in [0.1, 0.15) is 6.61 Å². The smallest absolute Gasteiger partial charge is 0.267 e. The molecule has 0 aromatic heterocycles. The second-order valence-corrected chi connectivity index (χ2v) is 10.5. The Morgan fingerprint density at radius 3 is 2.43 bits per heavy atom. The van der Waals surface area contributed by atoms with Crippen molar-refractivity contribution in [1.29, 1.82) is 0 Å². The van der Waals surface area contributed by atoms with Crippen LogP contribution in [0.15, 0.2) is 88.8 Å². The molecule has 0 spiro atoms. The average molecular weight is 513 g/mol. The van der Waals surface area contributed by atoms with Crippen molar-refractivity contribution in [2.24, 2.45) is 10.9 Å². The SMILES string of the molecule is COc1cc(/C=C2\SC(=Nc3ccccc3)N([C@H]3CCCC[C@H]3C)C2=O)ccc1OCc1ccccc1. The molecule has 1 heterocycles. The van der Waals surface area contributed by atoms with Gasteiger partial charge < -0.3 is 9.47 Å². The second-order valence-electron chi connectivity index (χ2n) is 9.53. The molecule has 2 fully saturated rings. The molecule has 1 aliphatic carbocycles. The highest BCUT2D eigenvalue weighted by Gasteiger charge is 2.41. The number of amidine groups is 1. The fourth-order valence-corrected chi connectivity index (χ4v) is 5.98. The van der Waals surface area contributed by atoms with E-state index in [4.69, 9.17) is 14.5 Å². The molecule has 1 amide bonds. The van der Waals surface area contributed by atoms with Gasteiger partial charge in [0, 0.05) is 6.04 Å². The van der Waals surface area contributed by atoms with Gasteiger partial charge in [-0.1, -0.05) is 74.4 Å². The van der Waals surface area contributed by atoms with E-state index in [-0.39, 0.29) is 11.9 Å². The van der Waals surface area contributed by atoms with E-state index in [1.165, 1.54) is 18.2 Å². The molecule has 37 heavy (non-hydrogen) atoms. The van der Waals surface area contributed by atoms with Crippen LogP contribution in [0.25, 0.3) is 6.08 Å². The fraction of sp³-hybridized carbons (Fsp3) is 0.290. The number of nitrogens with zero attached hydrogens (tertiary/aromatic N) is 2. The van der Waals surface area contributed by atoms with Gasteiger partial charge in [-0.15, -0.1) is 0 Å². The summed E-state index contributed by atoms with van der Waals surface area (Å²) in [6.45, 7) is 2.71. The van der Waals surface area contributed by atoms with Crippen molar-refractivity contribution < 1.29 is 14.3 Å². The number of benzene rings is 3. The summed E-state index contributed by atoms with van der Waals surface area (Å²) < 4.78 is 11.6. The number of rotatable bonds is 7. The molecule has 0 radical (unpaired) electrons. The molecule has 2 atom stereocenters. The molecular formula is C31H32N2O3S. The van der Waals surface area contributed by atoms with Crippen LogP contribution in [-0.2, 0) is 11.4 Å². The second kappa shape index (κ2) is 11.7. The van der Waals surface area contributed by atoms with Gasteiger partial charge in [-0.2, -0.15) is 0 Å². The van der Waals surface area contributed by atoms with Crippen LogP contribution >= 0.6 is 11.8 Å². The Labute approximate surface area is 223 Å². The Balaban J connectivity index is 1.42. The quantitative estimate of drug-likeness (QED) is 0.308. The van der Waals surface area contributed by atoms with Gasteiger partial charge in [-0.25, -0.2) is 4.99 Å². The summed E-state index contributed by atoms with van der Waals surface area (Å²) in [5.74, 6) is 1.78. The van der Waals surface area contributed by atoms with Crippen LogP contribution in [0.4, 0.5) is 5.69 Å². The fourth-order valence-electron chi connectivity index (χ4n) is 4.93. The Morgan fingerprint density at radius 1 is 0.973 bits per heavy atom. The zero-order valence-electron chi connectivity index (χ0n) is 21.3. The molecule has 1 saturated carbocycles. The Hall–Kier alpha value is -3.51. The number of methoxy groups -OCH3 is 1. The first-order chi connectivity index (χ1) is 18.1. The zero-order valence-corrected chi connectivity index (χ0v) is 22.1. The summed E-state index contributed by atoms with van der Waals surface area (Å²) in [6.07, 6.45) is 6.45. The largest absolute Gasteiger partial charge is 0.493 e. The third-order valence-corrected chi connectivity index (χ3v) is 7.92. The van der Waals surface area contributed by atoms with Crippen LogP contribution in [-0.4, -0.2) is 29.1 Å². The number of carbonyl (C=O) groups excluding carboxylic acids is 1. The highest BCUT2D eigenvalue weighted by molar-refractivity contribution is 8.18. The molecule has 0 unspecified atom stereocenters. The van der Waals surface area contributed by atoms with E-state index < -0.39 is 0 Å². The van der Waals surface area contributed by atoms with Gasteiger partial charge in [0.15, 0.2) is 16.7 Å². The first-order valence-electron chi connectivity index (χ1n) is 12.8. The lowest BCUT2D eigenvalue weighted by Gasteiger charge is -2.35. The van der Waals surface area contributed by atoms with Gasteiger partial charge in [-0.3, -0.25) is 9.69 Å². The minimum atomic E-state index is 0.0294. The lowest BCUT2D eigenvalue weighted by atomic mass is 9.85. The summed E-state index contributed by atoms with van der Waals surface area (Å²) in [6, 6.07) is 25.9. The van der Waals surface area contributed by atoms with E-state index in [1.54, 1.807) is 7.11 Å². The highest BCUT2D eigenvalue weighted by Crippen LogP contribution is 2.40.